The van der Waals surface area contributed by atoms with Crippen LogP contribution in [0.3, 0.4) is 0 Å². The van der Waals surface area contributed by atoms with Crippen molar-refractivity contribution in [3.63, 3.8) is 0 Å². The van der Waals surface area contributed by atoms with Crippen LogP contribution >= 0.6 is 11.6 Å². The van der Waals surface area contributed by atoms with Crippen molar-refractivity contribution in [2.45, 2.75) is 26.2 Å². The Bertz CT molecular complexity index is 651. The fourth-order valence-electron chi connectivity index (χ4n) is 2.60. The van der Waals surface area contributed by atoms with Gasteiger partial charge >= 0.3 is 5.97 Å². The molecule has 1 unspecified atom stereocenters. The summed E-state index contributed by atoms with van der Waals surface area (Å²) in [6.45, 7) is 4.58. The van der Waals surface area contributed by atoms with Crippen LogP contribution in [0.15, 0.2) is 12.1 Å². The molecule has 1 aromatic carbocycles. The molecular formula is C15H14ClFO4. The number of hydrogen-bond donors (Lipinski definition) is 0. The highest BCUT2D eigenvalue weighted by atomic mass is 35.5. The zero-order valence-electron chi connectivity index (χ0n) is 11.8. The van der Waals surface area contributed by atoms with E-state index in [0.717, 1.165) is 6.07 Å². The Balaban J connectivity index is 2.67. The number of halogens is 2. The fourth-order valence-corrected chi connectivity index (χ4v) is 2.81. The van der Waals surface area contributed by atoms with Crippen molar-refractivity contribution in [2.24, 2.45) is 5.92 Å². The first-order valence-electron chi connectivity index (χ1n) is 6.46. The molecule has 0 spiro atoms. The average Bonchev–Trinajstić information content (AvgIpc) is 2.36. The molecule has 0 heterocycles. The van der Waals surface area contributed by atoms with Gasteiger partial charge in [0, 0.05) is 16.1 Å². The molecule has 0 fully saturated rings. The minimum atomic E-state index is -1.56. The Labute approximate surface area is 126 Å². The van der Waals surface area contributed by atoms with E-state index >= 15 is 0 Å². The number of carbonyl (C=O) groups excluding carboxylic acids is 3. The smallest absolute Gasteiger partial charge is 0.324 e. The van der Waals surface area contributed by atoms with Crippen LogP contribution in [0.4, 0.5) is 4.39 Å². The summed E-state index contributed by atoms with van der Waals surface area (Å²) < 4.78 is 18.9. The summed E-state index contributed by atoms with van der Waals surface area (Å²) in [6, 6.07) is 2.33. The van der Waals surface area contributed by atoms with Crippen LogP contribution in [0, 0.1) is 11.7 Å². The van der Waals surface area contributed by atoms with E-state index in [1.165, 1.54) is 19.9 Å². The molecule has 6 heteroatoms. The predicted molar refractivity (Wildman–Crippen MR) is 73.9 cm³/mol. The highest BCUT2D eigenvalue weighted by molar-refractivity contribution is 6.32. The van der Waals surface area contributed by atoms with Gasteiger partial charge in [-0.05, 0) is 32.9 Å². The van der Waals surface area contributed by atoms with E-state index in [1.54, 1.807) is 6.92 Å². The lowest BCUT2D eigenvalue weighted by Gasteiger charge is -2.34. The third-order valence-corrected chi connectivity index (χ3v) is 3.83. The molecule has 0 amide bonds. The monoisotopic (exact) mass is 312 g/mol. The molecule has 4 nitrogen and oxygen atoms in total. The van der Waals surface area contributed by atoms with Crippen LogP contribution in [0.25, 0.3) is 0 Å². The van der Waals surface area contributed by atoms with Crippen molar-refractivity contribution in [3.05, 3.63) is 34.1 Å². The molecule has 1 aliphatic rings. The van der Waals surface area contributed by atoms with Gasteiger partial charge in [0.1, 0.15) is 5.82 Å². The topological polar surface area (TPSA) is 60.4 Å². The number of fused-ring (bicyclic) bond motifs is 1. The molecule has 0 N–H and O–H groups in total. The van der Waals surface area contributed by atoms with Crippen molar-refractivity contribution in [3.8, 4) is 0 Å². The Morgan fingerprint density at radius 3 is 2.57 bits per heavy atom. The molecular weight excluding hydrogens is 299 g/mol. The number of ether oxygens (including phenoxy) is 1. The van der Waals surface area contributed by atoms with E-state index in [2.05, 4.69) is 0 Å². The molecule has 0 saturated heterocycles. The van der Waals surface area contributed by atoms with Gasteiger partial charge < -0.3 is 4.74 Å². The SMILES string of the molecule is CCOC(=O)C1C(=O)c2cc(Cl)cc(F)c2C(C)(C)C1=O. The third-order valence-electron chi connectivity index (χ3n) is 3.61. The standard InChI is InChI=1S/C15H14ClFO4/c1-4-21-14(20)10-12(18)8-5-7(16)6-9(17)11(8)15(2,3)13(10)19/h5-6,10H,4H2,1-3H3. The van der Waals surface area contributed by atoms with Crippen molar-refractivity contribution in [2.75, 3.05) is 6.61 Å². The van der Waals surface area contributed by atoms with Crippen molar-refractivity contribution < 1.29 is 23.5 Å². The Morgan fingerprint density at radius 2 is 2.00 bits per heavy atom. The molecule has 0 bridgehead atoms. The number of ketones is 2. The summed E-state index contributed by atoms with van der Waals surface area (Å²) in [4.78, 5) is 36.7. The van der Waals surface area contributed by atoms with Gasteiger partial charge in [0.2, 0.25) is 0 Å². The Hall–Kier alpha value is -1.75. The van der Waals surface area contributed by atoms with Gasteiger partial charge in [-0.1, -0.05) is 11.6 Å². The predicted octanol–water partition coefficient (Wildman–Crippen LogP) is 2.70. The van der Waals surface area contributed by atoms with E-state index in [-0.39, 0.29) is 22.8 Å². The minimum absolute atomic E-state index is 0.0255. The molecule has 112 valence electrons. The summed E-state index contributed by atoms with van der Waals surface area (Å²) in [5.41, 5.74) is -1.37. The summed E-state index contributed by atoms with van der Waals surface area (Å²) in [5.74, 6) is -4.64. The Morgan fingerprint density at radius 1 is 1.38 bits per heavy atom. The van der Waals surface area contributed by atoms with Gasteiger partial charge in [0.05, 0.1) is 12.0 Å². The largest absolute Gasteiger partial charge is 0.465 e. The fraction of sp³-hybridized carbons (Fsp3) is 0.400. The molecule has 0 aliphatic heterocycles. The van der Waals surface area contributed by atoms with Gasteiger partial charge in [-0.15, -0.1) is 0 Å². The zero-order chi connectivity index (χ0) is 15.9. The number of carbonyl (C=O) groups is 3. The third kappa shape index (κ3) is 2.35. The second-order valence-corrected chi connectivity index (χ2v) is 5.79. The minimum Gasteiger partial charge on any atom is -0.465 e. The number of benzene rings is 1. The zero-order valence-corrected chi connectivity index (χ0v) is 12.6. The number of Topliss-reactive ketones (excluding diaryl/α,β-unsaturated/α-hetero) is 2. The summed E-state index contributed by atoms with van der Waals surface area (Å²) in [7, 11) is 0. The number of rotatable bonds is 2. The lowest BCUT2D eigenvalue weighted by Crippen LogP contribution is -2.48. The van der Waals surface area contributed by atoms with Gasteiger partial charge in [0.25, 0.3) is 0 Å². The normalized spacial score (nSPS) is 20.1. The average molecular weight is 313 g/mol. The first-order chi connectivity index (χ1) is 9.71. The van der Waals surface area contributed by atoms with Gasteiger partial charge in [0.15, 0.2) is 17.5 Å². The molecule has 21 heavy (non-hydrogen) atoms. The highest BCUT2D eigenvalue weighted by Crippen LogP contribution is 2.40. The molecule has 1 aliphatic carbocycles. The van der Waals surface area contributed by atoms with Crippen LogP contribution in [-0.4, -0.2) is 24.1 Å². The first-order valence-corrected chi connectivity index (χ1v) is 6.84. The van der Waals surface area contributed by atoms with Crippen LogP contribution < -0.4 is 0 Å². The lowest BCUT2D eigenvalue weighted by atomic mass is 9.66. The van der Waals surface area contributed by atoms with Crippen molar-refractivity contribution >= 4 is 29.1 Å². The quantitative estimate of drug-likeness (QED) is 0.622. The second-order valence-electron chi connectivity index (χ2n) is 5.35. The molecule has 0 aromatic heterocycles. The summed E-state index contributed by atoms with van der Waals surface area (Å²) in [5, 5.41) is 0.0346. The summed E-state index contributed by atoms with van der Waals surface area (Å²) >= 11 is 5.77. The van der Waals surface area contributed by atoms with Crippen LogP contribution in [0.1, 0.15) is 36.7 Å². The summed E-state index contributed by atoms with van der Waals surface area (Å²) in [6.07, 6.45) is 0. The lowest BCUT2D eigenvalue weighted by molar-refractivity contribution is -0.150. The Kier molecular flexibility index (Phi) is 3.89. The van der Waals surface area contributed by atoms with E-state index < -0.39 is 34.7 Å². The maximum absolute atomic E-state index is 14.1. The number of hydrogen-bond acceptors (Lipinski definition) is 4. The highest BCUT2D eigenvalue weighted by Gasteiger charge is 2.51. The van der Waals surface area contributed by atoms with Gasteiger partial charge in [-0.2, -0.15) is 0 Å². The maximum Gasteiger partial charge on any atom is 0.324 e. The van der Waals surface area contributed by atoms with Crippen LogP contribution in [-0.2, 0) is 19.7 Å². The molecule has 1 atom stereocenters. The maximum atomic E-state index is 14.1. The molecule has 0 radical (unpaired) electrons. The van der Waals surface area contributed by atoms with Crippen LogP contribution in [0.2, 0.25) is 5.02 Å². The molecule has 0 saturated carbocycles. The second kappa shape index (κ2) is 5.22. The van der Waals surface area contributed by atoms with Crippen molar-refractivity contribution in [1.29, 1.82) is 0 Å². The van der Waals surface area contributed by atoms with E-state index in [9.17, 15) is 18.8 Å². The van der Waals surface area contributed by atoms with E-state index in [1.807, 2.05) is 0 Å². The van der Waals surface area contributed by atoms with Crippen LogP contribution in [0.5, 0.6) is 0 Å². The molecule has 2 rings (SSSR count). The van der Waals surface area contributed by atoms with Gasteiger partial charge in [-0.3, -0.25) is 14.4 Å². The van der Waals surface area contributed by atoms with Gasteiger partial charge in [-0.25, -0.2) is 4.39 Å². The number of esters is 1. The molecule has 1 aromatic rings. The van der Waals surface area contributed by atoms with E-state index in [4.69, 9.17) is 16.3 Å². The first kappa shape index (κ1) is 15.6. The van der Waals surface area contributed by atoms with Crippen molar-refractivity contribution in [1.82, 2.24) is 0 Å². The van der Waals surface area contributed by atoms with E-state index in [0.29, 0.717) is 0 Å².